The minimum atomic E-state index is 0.311. The zero-order valence-corrected chi connectivity index (χ0v) is 10.5. The lowest BCUT2D eigenvalue weighted by atomic mass is 10.1. The summed E-state index contributed by atoms with van der Waals surface area (Å²) in [7, 11) is 0. The first-order chi connectivity index (χ1) is 8.36. The molecule has 2 aliphatic heterocycles. The van der Waals surface area contributed by atoms with Gasteiger partial charge in [0.15, 0.2) is 0 Å². The van der Waals surface area contributed by atoms with E-state index in [1.165, 1.54) is 38.5 Å². The third-order valence-corrected chi connectivity index (χ3v) is 4.55. The highest BCUT2D eigenvalue weighted by Gasteiger charge is 2.38. The van der Waals surface area contributed by atoms with E-state index in [0.29, 0.717) is 18.1 Å². The van der Waals surface area contributed by atoms with Crippen LogP contribution in [0.25, 0.3) is 0 Å². The van der Waals surface area contributed by atoms with Crippen LogP contribution in [0.5, 0.6) is 0 Å². The van der Waals surface area contributed by atoms with Crippen LogP contribution in [0.4, 0.5) is 4.79 Å². The van der Waals surface area contributed by atoms with Gasteiger partial charge in [0.1, 0.15) is 0 Å². The van der Waals surface area contributed by atoms with E-state index < -0.39 is 0 Å². The number of carbonyl (C=O) groups excluding carboxylic acids is 1. The van der Waals surface area contributed by atoms with E-state index in [9.17, 15) is 4.79 Å². The van der Waals surface area contributed by atoms with Crippen molar-refractivity contribution in [1.29, 1.82) is 0 Å². The number of rotatable bonds is 2. The van der Waals surface area contributed by atoms with Gasteiger partial charge in [0.2, 0.25) is 0 Å². The maximum Gasteiger partial charge on any atom is 0.320 e. The molecule has 2 heterocycles. The molecule has 1 aliphatic carbocycles. The quantitative estimate of drug-likeness (QED) is 0.788. The second-order valence-electron chi connectivity index (χ2n) is 5.61. The van der Waals surface area contributed by atoms with Gasteiger partial charge < -0.3 is 15.1 Å². The molecular formula is C13H23N3O. The fraction of sp³-hybridized carbons (Fsp3) is 0.923. The van der Waals surface area contributed by atoms with Gasteiger partial charge in [-0.05, 0) is 32.2 Å². The maximum absolute atomic E-state index is 12.4. The van der Waals surface area contributed by atoms with Crippen molar-refractivity contribution < 1.29 is 4.79 Å². The zero-order chi connectivity index (χ0) is 11.7. The normalized spacial score (nSPS) is 31.5. The van der Waals surface area contributed by atoms with Gasteiger partial charge >= 0.3 is 6.03 Å². The van der Waals surface area contributed by atoms with Crippen LogP contribution in [0.3, 0.4) is 0 Å². The molecule has 0 aromatic rings. The summed E-state index contributed by atoms with van der Waals surface area (Å²) in [5, 5.41) is 3.40. The lowest BCUT2D eigenvalue weighted by Crippen LogP contribution is -2.48. The van der Waals surface area contributed by atoms with Gasteiger partial charge in [0.05, 0.1) is 0 Å². The van der Waals surface area contributed by atoms with Gasteiger partial charge in [-0.25, -0.2) is 4.79 Å². The van der Waals surface area contributed by atoms with Gasteiger partial charge in [-0.3, -0.25) is 0 Å². The summed E-state index contributed by atoms with van der Waals surface area (Å²) < 4.78 is 0. The summed E-state index contributed by atoms with van der Waals surface area (Å²) in [5.74, 6) is 0. The summed E-state index contributed by atoms with van der Waals surface area (Å²) >= 11 is 0. The fourth-order valence-electron chi connectivity index (χ4n) is 3.56. The summed E-state index contributed by atoms with van der Waals surface area (Å²) in [6, 6.07) is 1.30. The molecule has 96 valence electrons. The highest BCUT2D eigenvalue weighted by molar-refractivity contribution is 5.77. The van der Waals surface area contributed by atoms with E-state index >= 15 is 0 Å². The molecule has 3 fully saturated rings. The first-order valence-corrected chi connectivity index (χ1v) is 7.14. The van der Waals surface area contributed by atoms with E-state index in [2.05, 4.69) is 15.1 Å². The van der Waals surface area contributed by atoms with Crippen molar-refractivity contribution in [3.05, 3.63) is 0 Å². The minimum Gasteiger partial charge on any atom is -0.320 e. The zero-order valence-electron chi connectivity index (χ0n) is 10.5. The van der Waals surface area contributed by atoms with Gasteiger partial charge in [-0.2, -0.15) is 0 Å². The predicted molar refractivity (Wildman–Crippen MR) is 67.0 cm³/mol. The van der Waals surface area contributed by atoms with Crippen LogP contribution in [0, 0.1) is 0 Å². The van der Waals surface area contributed by atoms with Crippen molar-refractivity contribution in [3.63, 3.8) is 0 Å². The third-order valence-electron chi connectivity index (χ3n) is 4.55. The molecule has 0 spiro atoms. The van der Waals surface area contributed by atoms with Gasteiger partial charge in [-0.15, -0.1) is 0 Å². The molecule has 2 saturated heterocycles. The first-order valence-electron chi connectivity index (χ1n) is 7.14. The molecule has 4 nitrogen and oxygen atoms in total. The van der Waals surface area contributed by atoms with Gasteiger partial charge in [-0.1, -0.05) is 12.8 Å². The highest BCUT2D eigenvalue weighted by Crippen LogP contribution is 2.28. The number of amides is 2. The molecule has 4 heteroatoms. The van der Waals surface area contributed by atoms with Crippen LogP contribution in [0.2, 0.25) is 0 Å². The van der Waals surface area contributed by atoms with Crippen molar-refractivity contribution in [2.45, 2.75) is 50.6 Å². The van der Waals surface area contributed by atoms with E-state index in [-0.39, 0.29) is 0 Å². The molecule has 3 aliphatic rings. The lowest BCUT2D eigenvalue weighted by Gasteiger charge is -2.32. The number of urea groups is 1. The van der Waals surface area contributed by atoms with Crippen LogP contribution >= 0.6 is 0 Å². The Morgan fingerprint density at radius 2 is 1.59 bits per heavy atom. The molecule has 1 N–H and O–H groups in total. The molecule has 0 radical (unpaired) electrons. The van der Waals surface area contributed by atoms with E-state index in [1.807, 2.05) is 0 Å². The largest absolute Gasteiger partial charge is 0.320 e. The third kappa shape index (κ3) is 2.15. The van der Waals surface area contributed by atoms with Crippen LogP contribution in [0.1, 0.15) is 38.5 Å². The first kappa shape index (κ1) is 11.3. The molecule has 0 bridgehead atoms. The van der Waals surface area contributed by atoms with Crippen LogP contribution in [0.15, 0.2) is 0 Å². The molecule has 0 aromatic carbocycles. The highest BCUT2D eigenvalue weighted by atomic mass is 16.2. The summed E-state index contributed by atoms with van der Waals surface area (Å²) in [6.45, 7) is 4.01. The lowest BCUT2D eigenvalue weighted by molar-refractivity contribution is 0.157. The Balaban J connectivity index is 1.62. The number of nitrogens with one attached hydrogen (secondary N) is 1. The Hall–Kier alpha value is -0.770. The molecule has 2 amide bonds. The predicted octanol–water partition coefficient (Wildman–Crippen LogP) is 1.42. The molecule has 1 saturated carbocycles. The van der Waals surface area contributed by atoms with Crippen molar-refractivity contribution in [1.82, 2.24) is 15.1 Å². The Bertz CT molecular complexity index is 282. The van der Waals surface area contributed by atoms with Gasteiger partial charge in [0, 0.05) is 31.7 Å². The number of hydrogen-bond donors (Lipinski definition) is 1. The fourth-order valence-corrected chi connectivity index (χ4v) is 3.56. The smallest absolute Gasteiger partial charge is 0.320 e. The molecule has 1 atom stereocenters. The number of piperidine rings is 1. The van der Waals surface area contributed by atoms with Crippen molar-refractivity contribution in [3.8, 4) is 0 Å². The van der Waals surface area contributed by atoms with Crippen molar-refractivity contribution in [2.75, 3.05) is 26.2 Å². The van der Waals surface area contributed by atoms with Gasteiger partial charge in [0.25, 0.3) is 0 Å². The maximum atomic E-state index is 12.4. The molecule has 1 unspecified atom stereocenters. The van der Waals surface area contributed by atoms with E-state index in [0.717, 1.165) is 26.2 Å². The van der Waals surface area contributed by atoms with Crippen molar-refractivity contribution in [2.24, 2.45) is 0 Å². The second-order valence-corrected chi connectivity index (χ2v) is 5.61. The molecule has 3 rings (SSSR count). The summed E-state index contributed by atoms with van der Waals surface area (Å²) in [6.07, 6.45) is 7.44. The summed E-state index contributed by atoms with van der Waals surface area (Å²) in [4.78, 5) is 16.7. The number of hydrogen-bond acceptors (Lipinski definition) is 2. The Labute approximate surface area is 103 Å². The average Bonchev–Trinajstić information content (AvgIpc) is 2.99. The van der Waals surface area contributed by atoms with E-state index in [1.54, 1.807) is 0 Å². The monoisotopic (exact) mass is 237 g/mol. The van der Waals surface area contributed by atoms with E-state index in [4.69, 9.17) is 0 Å². The minimum absolute atomic E-state index is 0.311. The number of nitrogens with zero attached hydrogens (tertiary/aromatic N) is 2. The Morgan fingerprint density at radius 3 is 2.24 bits per heavy atom. The Morgan fingerprint density at radius 1 is 0.941 bits per heavy atom. The molecular weight excluding hydrogens is 214 g/mol. The standard InChI is InChI=1S/C13H23N3O/c17-13-15(11-4-1-2-5-11)8-9-16(13)12-6-3-7-14-10-12/h11-12,14H,1-10H2. The second kappa shape index (κ2) is 4.84. The molecule has 17 heavy (non-hydrogen) atoms. The topological polar surface area (TPSA) is 35.6 Å². The summed E-state index contributed by atoms with van der Waals surface area (Å²) in [5.41, 5.74) is 0. The SMILES string of the molecule is O=C1N(C2CCCC2)CCN1C1CCCNC1. The van der Waals surface area contributed by atoms with Crippen LogP contribution in [-0.4, -0.2) is 54.1 Å². The number of carbonyl (C=O) groups is 1. The van der Waals surface area contributed by atoms with Crippen LogP contribution < -0.4 is 5.32 Å². The van der Waals surface area contributed by atoms with Crippen LogP contribution in [-0.2, 0) is 0 Å². The Kier molecular flexibility index (Phi) is 3.23. The average molecular weight is 237 g/mol. The molecule has 0 aromatic heterocycles. The van der Waals surface area contributed by atoms with Crippen molar-refractivity contribution >= 4 is 6.03 Å².